The van der Waals surface area contributed by atoms with Crippen LogP contribution in [0.3, 0.4) is 0 Å². The summed E-state index contributed by atoms with van der Waals surface area (Å²) in [5.41, 5.74) is -0.470. The second kappa shape index (κ2) is 4.44. The molecule has 2 aromatic heterocycles. The Kier molecular flexibility index (Phi) is 2.74. The van der Waals surface area contributed by atoms with Crippen molar-refractivity contribution < 1.29 is 19.3 Å². The lowest BCUT2D eigenvalue weighted by Crippen LogP contribution is -2.09. The summed E-state index contributed by atoms with van der Waals surface area (Å²) in [5.74, 6) is -0.100. The highest BCUT2D eigenvalue weighted by atomic mass is 16.6. The Morgan fingerprint density at radius 2 is 2.35 bits per heavy atom. The Morgan fingerprint density at radius 1 is 1.60 bits per heavy atom. The maximum Gasteiger partial charge on any atom is 0.352 e. The highest BCUT2D eigenvalue weighted by molar-refractivity contribution is 5.86. The van der Waals surface area contributed by atoms with E-state index in [1.165, 1.54) is 4.57 Å². The van der Waals surface area contributed by atoms with Crippen LogP contribution in [0.5, 0.6) is 0 Å². The largest absolute Gasteiger partial charge is 0.477 e. The Morgan fingerprint density at radius 3 is 2.95 bits per heavy atom. The van der Waals surface area contributed by atoms with Crippen molar-refractivity contribution >= 4 is 11.7 Å². The van der Waals surface area contributed by atoms with E-state index in [4.69, 9.17) is 9.63 Å². The molecule has 0 atom stereocenters. The van der Waals surface area contributed by atoms with Gasteiger partial charge in [0.1, 0.15) is 5.69 Å². The minimum absolute atomic E-state index is 0.0195. The normalized spacial score (nSPS) is 14.4. The van der Waals surface area contributed by atoms with Crippen LogP contribution in [0.4, 0.5) is 5.69 Å². The van der Waals surface area contributed by atoms with Gasteiger partial charge in [-0.25, -0.2) is 4.79 Å². The summed E-state index contributed by atoms with van der Waals surface area (Å²) in [6.45, 7) is 0.0195. The van der Waals surface area contributed by atoms with Crippen LogP contribution in [0, 0.1) is 10.1 Å². The SMILES string of the molecule is O=C(O)c1cc([N+](=O)[O-])cn1Cc1noc(C2CC2)n1. The van der Waals surface area contributed by atoms with E-state index in [1.54, 1.807) is 0 Å². The van der Waals surface area contributed by atoms with Crippen LogP contribution in [-0.2, 0) is 6.54 Å². The van der Waals surface area contributed by atoms with E-state index in [0.717, 1.165) is 25.1 Å². The number of hydrogen-bond donors (Lipinski definition) is 1. The Labute approximate surface area is 112 Å². The molecule has 0 aromatic carbocycles. The molecule has 2 aromatic rings. The van der Waals surface area contributed by atoms with Gasteiger partial charge in [0.2, 0.25) is 5.89 Å². The minimum Gasteiger partial charge on any atom is -0.477 e. The van der Waals surface area contributed by atoms with Gasteiger partial charge in [-0.1, -0.05) is 5.16 Å². The number of carboxylic acids is 1. The molecule has 0 spiro atoms. The molecule has 0 aliphatic heterocycles. The molecule has 0 bridgehead atoms. The standard InChI is InChI=1S/C11H10N4O5/c16-11(17)8-3-7(15(18)19)4-14(8)5-9-12-10(20-13-9)6-1-2-6/h3-4,6H,1-2,5H2,(H,16,17). The lowest BCUT2D eigenvalue weighted by molar-refractivity contribution is -0.384. The van der Waals surface area contributed by atoms with Crippen molar-refractivity contribution in [1.29, 1.82) is 0 Å². The van der Waals surface area contributed by atoms with Crippen molar-refractivity contribution in [3.05, 3.63) is 39.8 Å². The predicted molar refractivity (Wildman–Crippen MR) is 63.4 cm³/mol. The molecule has 0 amide bonds. The molecule has 20 heavy (non-hydrogen) atoms. The molecular formula is C11H10N4O5. The van der Waals surface area contributed by atoms with Crippen LogP contribution < -0.4 is 0 Å². The van der Waals surface area contributed by atoms with Crippen molar-refractivity contribution in [3.63, 3.8) is 0 Å². The Balaban J connectivity index is 1.87. The zero-order chi connectivity index (χ0) is 14.3. The summed E-state index contributed by atoms with van der Waals surface area (Å²) in [6, 6.07) is 1.00. The van der Waals surface area contributed by atoms with E-state index >= 15 is 0 Å². The molecule has 0 unspecified atom stereocenters. The number of nitro groups is 1. The lowest BCUT2D eigenvalue weighted by Gasteiger charge is -2.00. The number of aromatic nitrogens is 3. The predicted octanol–water partition coefficient (Wildman–Crippen LogP) is 1.40. The van der Waals surface area contributed by atoms with E-state index in [9.17, 15) is 14.9 Å². The second-order valence-corrected chi connectivity index (χ2v) is 4.60. The molecule has 1 N–H and O–H groups in total. The summed E-state index contributed by atoms with van der Waals surface area (Å²) >= 11 is 0. The van der Waals surface area contributed by atoms with Crippen LogP contribution in [0.15, 0.2) is 16.8 Å². The molecule has 1 saturated carbocycles. The van der Waals surface area contributed by atoms with Crippen LogP contribution >= 0.6 is 0 Å². The van der Waals surface area contributed by atoms with Gasteiger partial charge in [0, 0.05) is 12.0 Å². The second-order valence-electron chi connectivity index (χ2n) is 4.60. The lowest BCUT2D eigenvalue weighted by atomic mass is 10.4. The molecular weight excluding hydrogens is 268 g/mol. The maximum absolute atomic E-state index is 11.1. The number of aromatic carboxylic acids is 1. The molecule has 9 nitrogen and oxygen atoms in total. The van der Waals surface area contributed by atoms with Crippen LogP contribution in [0.25, 0.3) is 0 Å². The van der Waals surface area contributed by atoms with Gasteiger partial charge in [0.05, 0.1) is 17.7 Å². The third-order valence-corrected chi connectivity index (χ3v) is 3.03. The van der Waals surface area contributed by atoms with Gasteiger partial charge in [0.25, 0.3) is 5.69 Å². The van der Waals surface area contributed by atoms with Gasteiger partial charge in [-0.2, -0.15) is 4.98 Å². The van der Waals surface area contributed by atoms with Crippen molar-refractivity contribution in [1.82, 2.24) is 14.7 Å². The molecule has 1 aliphatic rings. The van der Waals surface area contributed by atoms with E-state index in [-0.39, 0.29) is 17.9 Å². The quantitative estimate of drug-likeness (QED) is 0.647. The number of rotatable bonds is 5. The number of carboxylic acid groups (broad SMARTS) is 1. The molecule has 9 heteroatoms. The first kappa shape index (κ1) is 12.3. The Bertz CT molecular complexity index is 685. The summed E-state index contributed by atoms with van der Waals surface area (Å²) in [5, 5.41) is 23.5. The highest BCUT2D eigenvalue weighted by Gasteiger charge is 2.30. The number of hydrogen-bond acceptors (Lipinski definition) is 6. The van der Waals surface area contributed by atoms with E-state index in [0.29, 0.717) is 17.6 Å². The van der Waals surface area contributed by atoms with Crippen molar-refractivity contribution in [2.45, 2.75) is 25.3 Å². The van der Waals surface area contributed by atoms with Gasteiger partial charge in [-0.15, -0.1) is 0 Å². The van der Waals surface area contributed by atoms with Gasteiger partial charge in [-0.3, -0.25) is 10.1 Å². The minimum atomic E-state index is -1.25. The third kappa shape index (κ3) is 2.25. The fraction of sp³-hybridized carbons (Fsp3) is 0.364. The fourth-order valence-electron chi connectivity index (χ4n) is 1.88. The van der Waals surface area contributed by atoms with Crippen molar-refractivity contribution in [2.24, 2.45) is 0 Å². The Hall–Kier alpha value is -2.71. The molecule has 1 fully saturated rings. The molecule has 3 rings (SSSR count). The topological polar surface area (TPSA) is 124 Å². The van der Waals surface area contributed by atoms with Crippen LogP contribution in [0.2, 0.25) is 0 Å². The number of nitrogens with zero attached hydrogens (tertiary/aromatic N) is 4. The van der Waals surface area contributed by atoms with Gasteiger partial charge >= 0.3 is 5.97 Å². The highest BCUT2D eigenvalue weighted by Crippen LogP contribution is 2.38. The first-order valence-corrected chi connectivity index (χ1v) is 5.95. The first-order valence-electron chi connectivity index (χ1n) is 5.95. The monoisotopic (exact) mass is 278 g/mol. The third-order valence-electron chi connectivity index (χ3n) is 3.03. The van der Waals surface area contributed by atoms with E-state index in [2.05, 4.69) is 10.1 Å². The zero-order valence-electron chi connectivity index (χ0n) is 10.2. The smallest absolute Gasteiger partial charge is 0.352 e. The van der Waals surface area contributed by atoms with Gasteiger partial charge in [0.15, 0.2) is 5.82 Å². The molecule has 0 radical (unpaired) electrons. The average molecular weight is 278 g/mol. The number of carbonyl (C=O) groups is 1. The van der Waals surface area contributed by atoms with E-state index < -0.39 is 10.9 Å². The zero-order valence-corrected chi connectivity index (χ0v) is 10.2. The maximum atomic E-state index is 11.1. The summed E-state index contributed by atoms with van der Waals surface area (Å²) in [6.07, 6.45) is 3.17. The first-order chi connectivity index (χ1) is 9.54. The summed E-state index contributed by atoms with van der Waals surface area (Å²) in [4.78, 5) is 25.3. The van der Waals surface area contributed by atoms with Crippen LogP contribution in [0.1, 0.15) is 41.0 Å². The van der Waals surface area contributed by atoms with Crippen LogP contribution in [-0.4, -0.2) is 30.7 Å². The van der Waals surface area contributed by atoms with Gasteiger partial charge < -0.3 is 14.2 Å². The molecule has 0 saturated heterocycles. The van der Waals surface area contributed by atoms with Gasteiger partial charge in [-0.05, 0) is 12.8 Å². The fourth-order valence-corrected chi connectivity index (χ4v) is 1.88. The van der Waals surface area contributed by atoms with Crippen molar-refractivity contribution in [2.75, 3.05) is 0 Å². The summed E-state index contributed by atoms with van der Waals surface area (Å²) in [7, 11) is 0. The molecule has 1 aliphatic carbocycles. The molecule has 2 heterocycles. The average Bonchev–Trinajstić information content (AvgIpc) is 2.98. The molecule has 104 valence electrons. The van der Waals surface area contributed by atoms with Crippen molar-refractivity contribution in [3.8, 4) is 0 Å². The van der Waals surface area contributed by atoms with E-state index in [1.807, 2.05) is 0 Å². The summed E-state index contributed by atoms with van der Waals surface area (Å²) < 4.78 is 6.28.